The van der Waals surface area contributed by atoms with Gasteiger partial charge in [0.25, 0.3) is 0 Å². The molecule has 0 unspecified atom stereocenters. The molecule has 3 N–H and O–H groups in total. The van der Waals surface area contributed by atoms with Gasteiger partial charge in [0.1, 0.15) is 5.60 Å². The van der Waals surface area contributed by atoms with Gasteiger partial charge >= 0.3 is 6.09 Å². The summed E-state index contributed by atoms with van der Waals surface area (Å²) in [5.74, 6) is 0. The molecule has 0 saturated carbocycles. The van der Waals surface area contributed by atoms with Crippen LogP contribution in [-0.4, -0.2) is 64.2 Å². The molecule has 0 radical (unpaired) electrons. The van der Waals surface area contributed by atoms with E-state index >= 15 is 0 Å². The number of carbonyl (C=O) groups excluding carboxylic acids is 1. The van der Waals surface area contributed by atoms with Gasteiger partial charge in [0.05, 0.1) is 0 Å². The number of rotatable bonds is 11. The smallest absolute Gasteiger partial charge is 0.407 e. The van der Waals surface area contributed by atoms with Crippen LogP contribution in [0.4, 0.5) is 4.79 Å². The third-order valence-electron chi connectivity index (χ3n) is 4.67. The second kappa shape index (κ2) is 11.3. The Balaban J connectivity index is 4.23. The van der Waals surface area contributed by atoms with Crippen LogP contribution in [0.2, 0.25) is 18.1 Å². The molecule has 0 aliphatic rings. The maximum absolute atomic E-state index is 11.7. The zero-order chi connectivity index (χ0) is 20.4. The van der Waals surface area contributed by atoms with Crippen LogP contribution in [0.1, 0.15) is 54.4 Å². The summed E-state index contributed by atoms with van der Waals surface area (Å²) < 4.78 is 11.5. The van der Waals surface area contributed by atoms with E-state index in [2.05, 4.69) is 44.1 Å². The molecule has 156 valence electrons. The Morgan fingerprint density at radius 3 is 2.12 bits per heavy atom. The number of nitrogens with two attached hydrogens (primary N) is 1. The van der Waals surface area contributed by atoms with Crippen molar-refractivity contribution >= 4 is 14.4 Å². The number of alkyl carbamates (subject to hydrolysis) is 1. The molecule has 0 aromatic heterocycles. The molecule has 0 bridgehead atoms. The number of nitrogens with zero attached hydrogens (tertiary/aromatic N) is 1. The van der Waals surface area contributed by atoms with Crippen LogP contribution in [0.25, 0.3) is 0 Å². The molecule has 7 heteroatoms. The Kier molecular flexibility index (Phi) is 11.0. The molecule has 0 aliphatic heterocycles. The molecule has 6 nitrogen and oxygen atoms in total. The van der Waals surface area contributed by atoms with E-state index in [0.29, 0.717) is 13.1 Å². The predicted molar refractivity (Wildman–Crippen MR) is 112 cm³/mol. The largest absolute Gasteiger partial charge is 0.444 e. The van der Waals surface area contributed by atoms with E-state index < -0.39 is 13.9 Å². The van der Waals surface area contributed by atoms with Crippen LogP contribution < -0.4 is 11.1 Å². The molecular formula is C19H43N3O3Si. The maximum atomic E-state index is 11.7. The van der Waals surface area contributed by atoms with Gasteiger partial charge in [-0.05, 0) is 71.4 Å². The predicted octanol–water partition coefficient (Wildman–Crippen LogP) is 3.57. The van der Waals surface area contributed by atoms with Crippen molar-refractivity contribution in [1.82, 2.24) is 10.2 Å². The van der Waals surface area contributed by atoms with Crippen molar-refractivity contribution in [2.45, 2.75) is 78.1 Å². The van der Waals surface area contributed by atoms with Gasteiger partial charge < -0.3 is 25.1 Å². The van der Waals surface area contributed by atoms with E-state index in [1.54, 1.807) is 0 Å². The van der Waals surface area contributed by atoms with Crippen molar-refractivity contribution in [3.63, 3.8) is 0 Å². The average molecular weight is 390 g/mol. The lowest BCUT2D eigenvalue weighted by atomic mass is 10.2. The number of carbonyl (C=O) groups is 1. The Morgan fingerprint density at radius 2 is 1.62 bits per heavy atom. The molecule has 0 spiro atoms. The van der Waals surface area contributed by atoms with Crippen LogP contribution in [0.15, 0.2) is 0 Å². The lowest BCUT2D eigenvalue weighted by Crippen LogP contribution is -2.43. The summed E-state index contributed by atoms with van der Waals surface area (Å²) in [5.41, 5.74) is 5.20. The van der Waals surface area contributed by atoms with Crippen molar-refractivity contribution in [2.75, 3.05) is 39.3 Å². The first-order valence-electron chi connectivity index (χ1n) is 9.82. The fourth-order valence-corrected chi connectivity index (χ4v) is 3.14. The lowest BCUT2D eigenvalue weighted by Gasteiger charge is -2.37. The van der Waals surface area contributed by atoms with Gasteiger partial charge in [-0.1, -0.05) is 20.8 Å². The quantitative estimate of drug-likeness (QED) is 0.417. The summed E-state index contributed by atoms with van der Waals surface area (Å²) in [6, 6.07) is 0. The maximum Gasteiger partial charge on any atom is 0.407 e. The number of ether oxygens (including phenoxy) is 1. The number of hydrogen-bond acceptors (Lipinski definition) is 5. The standard InChI is InChI=1S/C19H43N3O3Si/c1-18(2,3)25-17(23)21-12-10-14-22(13-9-11-20)15-16-24-26(7,8)19(4,5)6/h9-16,20H2,1-8H3,(H,21,23). The van der Waals surface area contributed by atoms with Gasteiger partial charge in [-0.25, -0.2) is 4.79 Å². The topological polar surface area (TPSA) is 76.8 Å². The van der Waals surface area contributed by atoms with Crippen molar-refractivity contribution in [2.24, 2.45) is 5.73 Å². The summed E-state index contributed by atoms with van der Waals surface area (Å²) in [4.78, 5) is 14.0. The number of nitrogens with one attached hydrogen (secondary N) is 1. The fraction of sp³-hybridized carbons (Fsp3) is 0.947. The molecule has 0 atom stereocenters. The fourth-order valence-electron chi connectivity index (χ4n) is 2.10. The Morgan fingerprint density at radius 1 is 1.04 bits per heavy atom. The zero-order valence-corrected chi connectivity index (χ0v) is 19.4. The van der Waals surface area contributed by atoms with E-state index in [0.717, 1.165) is 39.1 Å². The highest BCUT2D eigenvalue weighted by molar-refractivity contribution is 6.74. The van der Waals surface area contributed by atoms with Crippen LogP contribution in [0, 0.1) is 0 Å². The molecule has 1 amide bonds. The summed E-state index contributed by atoms with van der Waals surface area (Å²) in [7, 11) is -1.70. The van der Waals surface area contributed by atoms with E-state index in [-0.39, 0.29) is 11.1 Å². The summed E-state index contributed by atoms with van der Waals surface area (Å²) in [5, 5.41) is 3.04. The van der Waals surface area contributed by atoms with Gasteiger partial charge in [0.2, 0.25) is 0 Å². The molecule has 0 heterocycles. The monoisotopic (exact) mass is 389 g/mol. The second-order valence-electron chi connectivity index (χ2n) is 9.37. The van der Waals surface area contributed by atoms with Crippen LogP contribution in [0.5, 0.6) is 0 Å². The van der Waals surface area contributed by atoms with Gasteiger partial charge in [0, 0.05) is 19.7 Å². The van der Waals surface area contributed by atoms with Gasteiger partial charge in [-0.2, -0.15) is 0 Å². The molecule has 0 saturated heterocycles. The second-order valence-corrected chi connectivity index (χ2v) is 14.2. The minimum atomic E-state index is -1.70. The molecule has 0 rings (SSSR count). The van der Waals surface area contributed by atoms with Gasteiger partial charge in [0.15, 0.2) is 8.32 Å². The van der Waals surface area contributed by atoms with Crippen LogP contribution in [0.3, 0.4) is 0 Å². The van der Waals surface area contributed by atoms with Gasteiger partial charge in [-0.15, -0.1) is 0 Å². The SMILES string of the molecule is CC(C)(C)OC(=O)NCCCN(CCCN)CCO[Si](C)(C)C(C)(C)C. The Labute approximate surface area is 162 Å². The Bertz CT molecular complexity index is 404. The van der Waals surface area contributed by atoms with Crippen molar-refractivity contribution < 1.29 is 14.0 Å². The highest BCUT2D eigenvalue weighted by Crippen LogP contribution is 2.36. The minimum absolute atomic E-state index is 0.229. The van der Waals surface area contributed by atoms with E-state index in [1.165, 1.54) is 0 Å². The molecule has 26 heavy (non-hydrogen) atoms. The third-order valence-corrected chi connectivity index (χ3v) is 9.21. The summed E-state index contributed by atoms with van der Waals surface area (Å²) >= 11 is 0. The zero-order valence-electron chi connectivity index (χ0n) is 18.4. The number of amides is 1. The molecule has 0 aromatic rings. The average Bonchev–Trinajstić information content (AvgIpc) is 2.45. The first kappa shape index (κ1) is 25.4. The number of hydrogen-bond donors (Lipinski definition) is 2. The molecule has 0 fully saturated rings. The van der Waals surface area contributed by atoms with Crippen molar-refractivity contribution in [1.29, 1.82) is 0 Å². The van der Waals surface area contributed by atoms with Gasteiger partial charge in [-0.3, -0.25) is 0 Å². The first-order valence-corrected chi connectivity index (χ1v) is 12.7. The summed E-state index contributed by atoms with van der Waals surface area (Å²) in [6.45, 7) is 21.8. The molecule has 0 aliphatic carbocycles. The van der Waals surface area contributed by atoms with E-state index in [4.69, 9.17) is 14.9 Å². The highest BCUT2D eigenvalue weighted by Gasteiger charge is 2.36. The minimum Gasteiger partial charge on any atom is -0.444 e. The van der Waals surface area contributed by atoms with Crippen LogP contribution >= 0.6 is 0 Å². The van der Waals surface area contributed by atoms with Crippen molar-refractivity contribution in [3.05, 3.63) is 0 Å². The lowest BCUT2D eigenvalue weighted by molar-refractivity contribution is 0.0525. The first-order chi connectivity index (χ1) is 11.8. The highest BCUT2D eigenvalue weighted by atomic mass is 28.4. The van der Waals surface area contributed by atoms with Crippen LogP contribution in [-0.2, 0) is 9.16 Å². The van der Waals surface area contributed by atoms with E-state index in [9.17, 15) is 4.79 Å². The van der Waals surface area contributed by atoms with E-state index in [1.807, 2.05) is 20.8 Å². The normalized spacial score (nSPS) is 13.2. The molecular weight excluding hydrogens is 346 g/mol. The molecule has 0 aromatic carbocycles. The van der Waals surface area contributed by atoms with Crippen molar-refractivity contribution in [3.8, 4) is 0 Å². The Hall–Kier alpha value is -0.633. The summed E-state index contributed by atoms with van der Waals surface area (Å²) in [6.07, 6.45) is 1.50. The third kappa shape index (κ3) is 11.9.